The van der Waals surface area contributed by atoms with Gasteiger partial charge in [-0.25, -0.2) is 4.39 Å². The minimum absolute atomic E-state index is 0.138. The molecule has 0 spiro atoms. The maximum absolute atomic E-state index is 13.9. The number of ether oxygens (including phenoxy) is 2. The van der Waals surface area contributed by atoms with Gasteiger partial charge < -0.3 is 9.47 Å². The zero-order chi connectivity index (χ0) is 13.0. The van der Waals surface area contributed by atoms with E-state index < -0.39 is 5.82 Å². The molecule has 0 aromatic heterocycles. The maximum Gasteiger partial charge on any atom is 0.305 e. The molecule has 0 saturated heterocycles. The molecule has 6 heteroatoms. The maximum atomic E-state index is 13.9. The lowest BCUT2D eigenvalue weighted by Gasteiger charge is -2.10. The summed E-state index contributed by atoms with van der Waals surface area (Å²) >= 11 is 6.40. The van der Waals surface area contributed by atoms with Gasteiger partial charge in [0.05, 0.1) is 23.2 Å². The third-order valence-electron chi connectivity index (χ3n) is 2.22. The summed E-state index contributed by atoms with van der Waals surface area (Å²) in [5.41, 5.74) is 0.426. The lowest BCUT2D eigenvalue weighted by molar-refractivity contribution is -0.140. The van der Waals surface area contributed by atoms with Crippen molar-refractivity contribution in [2.75, 3.05) is 14.2 Å². The molecule has 0 amide bonds. The topological polar surface area (TPSA) is 35.5 Å². The molecule has 0 aliphatic carbocycles. The molecular formula is C11H11Br2FO3. The van der Waals surface area contributed by atoms with Crippen LogP contribution >= 0.6 is 31.9 Å². The highest BCUT2D eigenvalue weighted by atomic mass is 79.9. The van der Waals surface area contributed by atoms with Crippen molar-refractivity contribution < 1.29 is 18.7 Å². The second-order valence-corrected chi connectivity index (χ2v) is 4.90. The summed E-state index contributed by atoms with van der Waals surface area (Å²) in [6.07, 6.45) is 0.415. The minimum atomic E-state index is -0.422. The van der Waals surface area contributed by atoms with E-state index in [9.17, 15) is 9.18 Å². The van der Waals surface area contributed by atoms with E-state index in [4.69, 9.17) is 4.74 Å². The van der Waals surface area contributed by atoms with Gasteiger partial charge >= 0.3 is 5.97 Å². The Kier molecular flexibility index (Phi) is 5.39. The number of hydrogen-bond acceptors (Lipinski definition) is 3. The van der Waals surface area contributed by atoms with E-state index in [1.165, 1.54) is 14.2 Å². The number of aryl methyl sites for hydroxylation is 1. The van der Waals surface area contributed by atoms with Crippen LogP contribution in [-0.2, 0) is 16.0 Å². The molecule has 94 valence electrons. The van der Waals surface area contributed by atoms with Gasteiger partial charge in [0.15, 0.2) is 0 Å². The van der Waals surface area contributed by atoms with Crippen molar-refractivity contribution in [2.24, 2.45) is 0 Å². The third kappa shape index (κ3) is 3.42. The highest BCUT2D eigenvalue weighted by Crippen LogP contribution is 2.37. The molecule has 17 heavy (non-hydrogen) atoms. The standard InChI is InChI=1S/C11H11Br2FO3/c1-16-8(15)4-3-6-5-7(12)11(17-2)9(13)10(6)14/h5H,3-4H2,1-2H3. The Labute approximate surface area is 116 Å². The molecule has 0 atom stereocenters. The van der Waals surface area contributed by atoms with Crippen molar-refractivity contribution in [3.8, 4) is 5.75 Å². The first-order valence-corrected chi connectivity index (χ1v) is 6.37. The number of methoxy groups -OCH3 is 2. The van der Waals surface area contributed by atoms with E-state index in [1.807, 2.05) is 0 Å². The second kappa shape index (κ2) is 6.35. The van der Waals surface area contributed by atoms with E-state index in [2.05, 4.69) is 36.6 Å². The predicted molar refractivity (Wildman–Crippen MR) is 68.7 cm³/mol. The van der Waals surface area contributed by atoms with Gasteiger partial charge in [-0.15, -0.1) is 0 Å². The highest BCUT2D eigenvalue weighted by molar-refractivity contribution is 9.11. The third-order valence-corrected chi connectivity index (χ3v) is 3.52. The van der Waals surface area contributed by atoms with Crippen molar-refractivity contribution >= 4 is 37.8 Å². The van der Waals surface area contributed by atoms with Crippen molar-refractivity contribution in [3.05, 3.63) is 26.4 Å². The fourth-order valence-corrected chi connectivity index (χ4v) is 2.87. The Balaban J connectivity index is 2.98. The van der Waals surface area contributed by atoms with Crippen LogP contribution in [0.5, 0.6) is 5.75 Å². The Morgan fingerprint density at radius 3 is 2.59 bits per heavy atom. The van der Waals surface area contributed by atoms with Crippen LogP contribution in [-0.4, -0.2) is 20.2 Å². The Hall–Kier alpha value is -0.620. The van der Waals surface area contributed by atoms with Crippen molar-refractivity contribution in [1.29, 1.82) is 0 Å². The number of benzene rings is 1. The van der Waals surface area contributed by atoms with Gasteiger partial charge in [-0.1, -0.05) is 0 Å². The van der Waals surface area contributed by atoms with Crippen LogP contribution in [0.1, 0.15) is 12.0 Å². The molecule has 1 aromatic rings. The van der Waals surface area contributed by atoms with Crippen molar-refractivity contribution in [2.45, 2.75) is 12.8 Å². The summed E-state index contributed by atoms with van der Waals surface area (Å²) in [6, 6.07) is 1.60. The summed E-state index contributed by atoms with van der Waals surface area (Å²) in [5.74, 6) is -0.397. The van der Waals surface area contributed by atoms with Gasteiger partial charge in [0.25, 0.3) is 0 Å². The molecule has 0 N–H and O–H groups in total. The van der Waals surface area contributed by atoms with E-state index >= 15 is 0 Å². The lowest BCUT2D eigenvalue weighted by atomic mass is 10.1. The molecule has 0 heterocycles. The molecule has 1 rings (SSSR count). The summed E-state index contributed by atoms with van der Waals surface area (Å²) in [6.45, 7) is 0. The van der Waals surface area contributed by atoms with Gasteiger partial charge in [-0.3, -0.25) is 4.79 Å². The predicted octanol–water partition coefficient (Wildman–Crippen LogP) is 3.46. The lowest BCUT2D eigenvalue weighted by Crippen LogP contribution is -2.04. The van der Waals surface area contributed by atoms with Crippen LogP contribution < -0.4 is 4.74 Å². The number of esters is 1. The molecule has 0 saturated carbocycles. The number of carbonyl (C=O) groups excluding carboxylic acids is 1. The fraction of sp³-hybridized carbons (Fsp3) is 0.364. The van der Waals surface area contributed by atoms with Crippen LogP contribution in [0.2, 0.25) is 0 Å². The first-order chi connectivity index (χ1) is 8.01. The molecule has 0 unspecified atom stereocenters. The molecule has 0 radical (unpaired) electrons. The highest BCUT2D eigenvalue weighted by Gasteiger charge is 2.16. The Morgan fingerprint density at radius 2 is 2.06 bits per heavy atom. The first-order valence-electron chi connectivity index (χ1n) is 4.78. The molecule has 3 nitrogen and oxygen atoms in total. The molecular weight excluding hydrogens is 359 g/mol. The van der Waals surface area contributed by atoms with E-state index in [1.54, 1.807) is 6.07 Å². The number of carbonyl (C=O) groups is 1. The Morgan fingerprint density at radius 1 is 1.41 bits per heavy atom. The summed E-state index contributed by atoms with van der Waals surface area (Å²) in [5, 5.41) is 0. The summed E-state index contributed by atoms with van der Waals surface area (Å²) < 4.78 is 24.3. The zero-order valence-electron chi connectivity index (χ0n) is 9.35. The monoisotopic (exact) mass is 368 g/mol. The van der Waals surface area contributed by atoms with Gasteiger partial charge in [-0.2, -0.15) is 0 Å². The van der Waals surface area contributed by atoms with Crippen molar-refractivity contribution in [1.82, 2.24) is 0 Å². The SMILES string of the molecule is COC(=O)CCc1cc(Br)c(OC)c(Br)c1F. The van der Waals surface area contributed by atoms with Gasteiger partial charge in [0.1, 0.15) is 11.6 Å². The van der Waals surface area contributed by atoms with Crippen LogP contribution in [0.3, 0.4) is 0 Å². The fourth-order valence-electron chi connectivity index (χ4n) is 1.34. The van der Waals surface area contributed by atoms with Crippen LogP contribution in [0.25, 0.3) is 0 Å². The number of halogens is 3. The average Bonchev–Trinajstić information content (AvgIpc) is 2.32. The summed E-state index contributed by atoms with van der Waals surface area (Å²) in [4.78, 5) is 11.0. The quantitative estimate of drug-likeness (QED) is 0.602. The van der Waals surface area contributed by atoms with Gasteiger partial charge in [0, 0.05) is 6.42 Å². The molecule has 0 aliphatic heterocycles. The molecule has 1 aromatic carbocycles. The summed E-state index contributed by atoms with van der Waals surface area (Å²) in [7, 11) is 2.76. The van der Waals surface area contributed by atoms with Gasteiger partial charge in [-0.05, 0) is 49.9 Å². The van der Waals surface area contributed by atoms with Crippen LogP contribution in [0, 0.1) is 5.82 Å². The average molecular weight is 370 g/mol. The largest absolute Gasteiger partial charge is 0.494 e. The molecule has 0 aliphatic rings. The van der Waals surface area contributed by atoms with E-state index in [0.717, 1.165) is 0 Å². The second-order valence-electron chi connectivity index (χ2n) is 3.25. The minimum Gasteiger partial charge on any atom is -0.494 e. The number of hydrogen-bond donors (Lipinski definition) is 0. The Bertz CT molecular complexity index is 435. The number of rotatable bonds is 4. The normalized spacial score (nSPS) is 10.2. The molecule has 0 bridgehead atoms. The first kappa shape index (κ1) is 14.4. The molecule has 0 fully saturated rings. The van der Waals surface area contributed by atoms with Gasteiger partial charge in [0.2, 0.25) is 0 Å². The van der Waals surface area contributed by atoms with Crippen LogP contribution in [0.4, 0.5) is 4.39 Å². The van der Waals surface area contributed by atoms with E-state index in [0.29, 0.717) is 15.8 Å². The van der Waals surface area contributed by atoms with Crippen molar-refractivity contribution in [3.63, 3.8) is 0 Å². The zero-order valence-corrected chi connectivity index (χ0v) is 12.5. The van der Waals surface area contributed by atoms with E-state index in [-0.39, 0.29) is 23.3 Å². The van der Waals surface area contributed by atoms with Crippen LogP contribution in [0.15, 0.2) is 15.0 Å². The smallest absolute Gasteiger partial charge is 0.305 e.